The fourth-order valence-corrected chi connectivity index (χ4v) is 4.07. The van der Waals surface area contributed by atoms with E-state index in [4.69, 9.17) is 24.4 Å². The monoisotopic (exact) mass is 446 g/mol. The first-order valence-electron chi connectivity index (χ1n) is 10.5. The number of hydrogen-bond acceptors (Lipinski definition) is 8. The fourth-order valence-electron chi connectivity index (χ4n) is 4.07. The van der Waals surface area contributed by atoms with E-state index in [1.54, 1.807) is 12.1 Å². The molecule has 1 aromatic heterocycles. The van der Waals surface area contributed by atoms with Crippen LogP contribution in [0.3, 0.4) is 0 Å². The number of rotatable bonds is 9. The molecule has 2 heterocycles. The molecule has 0 radical (unpaired) electrons. The average molecular weight is 447 g/mol. The highest BCUT2D eigenvalue weighted by Gasteiger charge is 2.28. The first kappa shape index (κ1) is 23.5. The number of nitrogens with two attached hydrogens (primary N) is 1. The maximum Gasteiger partial charge on any atom is 0.227 e. The quantitative estimate of drug-likeness (QED) is 0.602. The van der Waals surface area contributed by atoms with Crippen LogP contribution in [0.2, 0.25) is 0 Å². The second kappa shape index (κ2) is 10.4. The highest BCUT2D eigenvalue weighted by atomic mass is 16.5. The minimum Gasteiger partial charge on any atom is -0.502 e. The summed E-state index contributed by atoms with van der Waals surface area (Å²) in [6.45, 7) is 2.27. The van der Waals surface area contributed by atoms with Crippen LogP contribution in [0, 0.1) is 0 Å². The summed E-state index contributed by atoms with van der Waals surface area (Å²) in [7, 11) is 4.43. The Bertz CT molecular complexity index is 987. The number of carbonyl (C=O) groups excluding carboxylic acids is 1. The van der Waals surface area contributed by atoms with E-state index in [-0.39, 0.29) is 12.2 Å². The minimum absolute atomic E-state index is 0.0161. The molecule has 0 spiro atoms. The lowest BCUT2D eigenvalue weighted by molar-refractivity contribution is -0.118. The van der Waals surface area contributed by atoms with Crippen LogP contribution in [-0.4, -0.2) is 50.3 Å². The van der Waals surface area contributed by atoms with Gasteiger partial charge in [0.15, 0.2) is 17.3 Å². The normalized spacial score (nSPS) is 15.2. The molecule has 1 aliphatic heterocycles. The highest BCUT2D eigenvalue weighted by molar-refractivity contribution is 5.75. The lowest BCUT2D eigenvalue weighted by Crippen LogP contribution is -2.29. The Morgan fingerprint density at radius 1 is 1.09 bits per heavy atom. The van der Waals surface area contributed by atoms with Crippen molar-refractivity contribution in [3.05, 3.63) is 45.5 Å². The van der Waals surface area contributed by atoms with Gasteiger partial charge in [-0.1, -0.05) is 6.42 Å². The van der Waals surface area contributed by atoms with E-state index in [1.807, 2.05) is 0 Å². The first-order chi connectivity index (χ1) is 15.4. The van der Waals surface area contributed by atoms with Gasteiger partial charge in [-0.25, -0.2) is 0 Å². The summed E-state index contributed by atoms with van der Waals surface area (Å²) in [4.78, 5) is 26.7. The Kier molecular flexibility index (Phi) is 7.63. The maximum absolute atomic E-state index is 12.6. The molecule has 1 aromatic carbocycles. The summed E-state index contributed by atoms with van der Waals surface area (Å²) in [5.74, 6) is -0.481. The van der Waals surface area contributed by atoms with Crippen molar-refractivity contribution in [3.8, 4) is 23.0 Å². The van der Waals surface area contributed by atoms with Crippen molar-refractivity contribution in [1.82, 2.24) is 4.90 Å². The number of hydrogen-bond donors (Lipinski definition) is 2. The van der Waals surface area contributed by atoms with Crippen LogP contribution >= 0.6 is 0 Å². The van der Waals surface area contributed by atoms with Gasteiger partial charge in [-0.3, -0.25) is 14.5 Å². The second-order valence-electron chi connectivity index (χ2n) is 7.81. The maximum atomic E-state index is 12.6. The Morgan fingerprint density at radius 3 is 2.25 bits per heavy atom. The number of likely N-dealkylation sites (tertiary alicyclic amines) is 1. The van der Waals surface area contributed by atoms with Gasteiger partial charge in [0.25, 0.3) is 0 Å². The zero-order chi connectivity index (χ0) is 23.3. The number of piperidine rings is 1. The topological polar surface area (TPSA) is 124 Å². The van der Waals surface area contributed by atoms with Gasteiger partial charge < -0.3 is 29.5 Å². The van der Waals surface area contributed by atoms with Crippen LogP contribution in [0.15, 0.2) is 27.4 Å². The van der Waals surface area contributed by atoms with Gasteiger partial charge in [0, 0.05) is 12.5 Å². The number of aromatic hydroxyl groups is 1. The summed E-state index contributed by atoms with van der Waals surface area (Å²) < 4.78 is 22.2. The van der Waals surface area contributed by atoms with Crippen LogP contribution < -0.4 is 25.4 Å². The molecule has 1 fully saturated rings. The van der Waals surface area contributed by atoms with E-state index in [1.165, 1.54) is 33.8 Å². The number of carbonyl (C=O) groups is 1. The minimum atomic E-state index is -0.824. The molecule has 0 aliphatic carbocycles. The highest BCUT2D eigenvalue weighted by Crippen LogP contribution is 2.43. The molecule has 2 aromatic rings. The standard InChI is InChI=1S/C23H30N2O7/c1-29-18-9-14(10-19(30-2)23(18)31-3)16(12-20(24)27)22-21(28)17(26)11-15(32-22)13-25-7-5-4-6-8-25/h9-11,16,28H,4-8,12-13H2,1-3H3,(H2,24,27)/t16-/m0/s1. The number of amides is 1. The zero-order valence-corrected chi connectivity index (χ0v) is 18.7. The van der Waals surface area contributed by atoms with Crippen LogP contribution in [-0.2, 0) is 11.3 Å². The molecule has 9 nitrogen and oxygen atoms in total. The third-order valence-corrected chi connectivity index (χ3v) is 5.64. The predicted octanol–water partition coefficient (Wildman–Crippen LogP) is 2.36. The Hall–Kier alpha value is -3.20. The van der Waals surface area contributed by atoms with E-state index < -0.39 is 23.0 Å². The molecular formula is C23H30N2O7. The van der Waals surface area contributed by atoms with E-state index in [0.717, 1.165) is 25.9 Å². The van der Waals surface area contributed by atoms with Crippen molar-refractivity contribution in [2.75, 3.05) is 34.4 Å². The van der Waals surface area contributed by atoms with Crippen LogP contribution in [0.4, 0.5) is 0 Å². The summed E-state index contributed by atoms with van der Waals surface area (Å²) >= 11 is 0. The smallest absolute Gasteiger partial charge is 0.227 e. The lowest BCUT2D eigenvalue weighted by Gasteiger charge is -2.26. The molecule has 174 valence electrons. The molecule has 9 heteroatoms. The predicted molar refractivity (Wildman–Crippen MR) is 118 cm³/mol. The van der Waals surface area contributed by atoms with Gasteiger partial charge in [-0.15, -0.1) is 0 Å². The molecule has 3 N–H and O–H groups in total. The van der Waals surface area contributed by atoms with Crippen molar-refractivity contribution in [3.63, 3.8) is 0 Å². The molecule has 1 amide bonds. The van der Waals surface area contributed by atoms with Crippen molar-refractivity contribution in [2.45, 2.75) is 38.1 Å². The van der Waals surface area contributed by atoms with Gasteiger partial charge in [-0.2, -0.15) is 0 Å². The van der Waals surface area contributed by atoms with Gasteiger partial charge >= 0.3 is 0 Å². The molecule has 1 atom stereocenters. The molecule has 1 aliphatic rings. The SMILES string of the molecule is COc1cc([C@H](CC(N)=O)c2oc(CN3CCCCC3)cc(=O)c2O)cc(OC)c1OC. The Balaban J connectivity index is 2.09. The van der Waals surface area contributed by atoms with Crippen molar-refractivity contribution in [2.24, 2.45) is 5.73 Å². The average Bonchev–Trinajstić information content (AvgIpc) is 2.79. The van der Waals surface area contributed by atoms with E-state index in [9.17, 15) is 14.7 Å². The van der Waals surface area contributed by atoms with Crippen molar-refractivity contribution in [1.29, 1.82) is 0 Å². The van der Waals surface area contributed by atoms with Gasteiger partial charge in [0.05, 0.1) is 33.8 Å². The molecule has 1 saturated heterocycles. The molecule has 0 bridgehead atoms. The van der Waals surface area contributed by atoms with E-state index in [2.05, 4.69) is 4.90 Å². The summed E-state index contributed by atoms with van der Waals surface area (Å²) in [6.07, 6.45) is 3.17. The molecular weight excluding hydrogens is 416 g/mol. The number of methoxy groups -OCH3 is 3. The largest absolute Gasteiger partial charge is 0.502 e. The number of ether oxygens (including phenoxy) is 3. The molecule has 0 saturated carbocycles. The third-order valence-electron chi connectivity index (χ3n) is 5.64. The molecule has 3 rings (SSSR count). The molecule has 0 unspecified atom stereocenters. The fraction of sp³-hybridized carbons (Fsp3) is 0.478. The van der Waals surface area contributed by atoms with Gasteiger partial charge in [-0.05, 0) is 43.6 Å². The first-order valence-corrected chi connectivity index (χ1v) is 10.5. The summed E-state index contributed by atoms with van der Waals surface area (Å²) in [6, 6.07) is 4.58. The number of benzene rings is 1. The third kappa shape index (κ3) is 5.16. The van der Waals surface area contributed by atoms with Crippen LogP contribution in [0.5, 0.6) is 23.0 Å². The van der Waals surface area contributed by atoms with Crippen molar-refractivity contribution < 1.29 is 28.5 Å². The van der Waals surface area contributed by atoms with Crippen molar-refractivity contribution >= 4 is 5.91 Å². The van der Waals surface area contributed by atoms with Gasteiger partial charge in [0.1, 0.15) is 5.76 Å². The zero-order valence-electron chi connectivity index (χ0n) is 18.7. The number of nitrogens with zero attached hydrogens (tertiary/aromatic N) is 1. The van der Waals surface area contributed by atoms with Gasteiger partial charge in [0.2, 0.25) is 22.8 Å². The van der Waals surface area contributed by atoms with E-state index >= 15 is 0 Å². The number of primary amides is 1. The van der Waals surface area contributed by atoms with E-state index in [0.29, 0.717) is 35.1 Å². The Labute approximate surface area is 186 Å². The van der Waals surface area contributed by atoms with Crippen LogP contribution in [0.1, 0.15) is 48.7 Å². The van der Waals surface area contributed by atoms with Crippen LogP contribution in [0.25, 0.3) is 0 Å². The Morgan fingerprint density at radius 2 is 1.72 bits per heavy atom. The lowest BCUT2D eigenvalue weighted by atomic mass is 9.91. The summed E-state index contributed by atoms with van der Waals surface area (Å²) in [5, 5.41) is 10.6. The molecule has 32 heavy (non-hydrogen) atoms. The summed E-state index contributed by atoms with van der Waals surface area (Å²) in [5.41, 5.74) is 5.46. The second-order valence-corrected chi connectivity index (χ2v) is 7.81.